The molecule has 2 atom stereocenters. The highest BCUT2D eigenvalue weighted by atomic mass is 35.5. The van der Waals surface area contributed by atoms with Crippen LogP contribution in [-0.2, 0) is 4.74 Å². The molecule has 0 spiro atoms. The standard InChI is InChI=1S/C7H9Cl3O/c1-2-11-5-3-4(5)6(8)7(9)10/h4-5H,2-3H2,1H3/t4-,5+/m1/s1. The average Bonchev–Trinajstić information content (AvgIpc) is 2.67. The summed E-state index contributed by atoms with van der Waals surface area (Å²) in [5.74, 6) is 0.238. The van der Waals surface area contributed by atoms with E-state index in [1.54, 1.807) is 0 Å². The van der Waals surface area contributed by atoms with Crippen molar-refractivity contribution in [1.29, 1.82) is 0 Å². The molecule has 0 aromatic carbocycles. The second kappa shape index (κ2) is 3.99. The van der Waals surface area contributed by atoms with Crippen LogP contribution in [0.3, 0.4) is 0 Å². The van der Waals surface area contributed by atoms with Gasteiger partial charge in [-0.1, -0.05) is 34.8 Å². The normalized spacial score (nSPS) is 28.4. The van der Waals surface area contributed by atoms with Gasteiger partial charge in [0, 0.05) is 12.5 Å². The molecule has 64 valence electrons. The van der Waals surface area contributed by atoms with Crippen molar-refractivity contribution in [2.24, 2.45) is 5.92 Å². The fourth-order valence-corrected chi connectivity index (χ4v) is 1.49. The first-order valence-electron chi connectivity index (χ1n) is 3.49. The van der Waals surface area contributed by atoms with Crippen molar-refractivity contribution < 1.29 is 4.74 Å². The van der Waals surface area contributed by atoms with Gasteiger partial charge in [-0.15, -0.1) is 0 Å². The van der Waals surface area contributed by atoms with E-state index in [9.17, 15) is 0 Å². The SMILES string of the molecule is CCO[C@H]1C[C@H]1C(Cl)=C(Cl)Cl. The van der Waals surface area contributed by atoms with Gasteiger partial charge >= 0.3 is 0 Å². The Bertz CT molecular complexity index is 175. The summed E-state index contributed by atoms with van der Waals surface area (Å²) in [6, 6.07) is 0. The van der Waals surface area contributed by atoms with Gasteiger partial charge in [0.05, 0.1) is 11.1 Å². The van der Waals surface area contributed by atoms with Gasteiger partial charge in [-0.2, -0.15) is 0 Å². The third-order valence-corrected chi connectivity index (χ3v) is 2.69. The van der Waals surface area contributed by atoms with Gasteiger partial charge in [-0.05, 0) is 13.3 Å². The molecular formula is C7H9Cl3O. The van der Waals surface area contributed by atoms with Gasteiger partial charge in [-0.25, -0.2) is 0 Å². The highest BCUT2D eigenvalue weighted by molar-refractivity contribution is 6.59. The van der Waals surface area contributed by atoms with Gasteiger partial charge in [-0.3, -0.25) is 0 Å². The Labute approximate surface area is 81.3 Å². The summed E-state index contributed by atoms with van der Waals surface area (Å²) < 4.78 is 5.47. The van der Waals surface area contributed by atoms with Gasteiger partial charge < -0.3 is 4.74 Å². The molecule has 11 heavy (non-hydrogen) atoms. The summed E-state index contributed by atoms with van der Waals surface area (Å²) in [4.78, 5) is 0. The zero-order valence-electron chi connectivity index (χ0n) is 6.11. The van der Waals surface area contributed by atoms with E-state index in [1.807, 2.05) is 6.92 Å². The lowest BCUT2D eigenvalue weighted by atomic mass is 10.4. The maximum atomic E-state index is 5.78. The zero-order valence-corrected chi connectivity index (χ0v) is 8.38. The Morgan fingerprint density at radius 1 is 1.45 bits per heavy atom. The number of hydrogen-bond donors (Lipinski definition) is 0. The molecule has 1 aliphatic rings. The van der Waals surface area contributed by atoms with Crippen molar-refractivity contribution in [3.8, 4) is 0 Å². The molecule has 0 aromatic heterocycles. The number of rotatable bonds is 3. The molecule has 1 nitrogen and oxygen atoms in total. The fourth-order valence-electron chi connectivity index (χ4n) is 0.977. The molecular weight excluding hydrogens is 206 g/mol. The first kappa shape index (κ1) is 9.66. The van der Waals surface area contributed by atoms with E-state index >= 15 is 0 Å². The molecule has 0 aliphatic heterocycles. The molecule has 0 aromatic rings. The Hall–Kier alpha value is 0.570. The van der Waals surface area contributed by atoms with Gasteiger partial charge in [0.15, 0.2) is 0 Å². The quantitative estimate of drug-likeness (QED) is 0.702. The van der Waals surface area contributed by atoms with E-state index in [1.165, 1.54) is 0 Å². The van der Waals surface area contributed by atoms with Crippen molar-refractivity contribution in [2.45, 2.75) is 19.4 Å². The highest BCUT2D eigenvalue weighted by Gasteiger charge is 2.41. The molecule has 1 saturated carbocycles. The van der Waals surface area contributed by atoms with Crippen LogP contribution in [0.2, 0.25) is 0 Å². The third-order valence-electron chi connectivity index (χ3n) is 1.62. The Morgan fingerprint density at radius 3 is 2.55 bits per heavy atom. The number of ether oxygens (including phenoxy) is 1. The van der Waals surface area contributed by atoms with Crippen molar-refractivity contribution in [3.63, 3.8) is 0 Å². The number of halogens is 3. The Kier molecular flexibility index (Phi) is 3.51. The van der Waals surface area contributed by atoms with Crippen molar-refractivity contribution in [3.05, 3.63) is 9.52 Å². The van der Waals surface area contributed by atoms with E-state index in [-0.39, 0.29) is 16.5 Å². The molecule has 0 saturated heterocycles. The maximum Gasteiger partial charge on any atom is 0.121 e. The van der Waals surface area contributed by atoms with Gasteiger partial charge in [0.1, 0.15) is 4.49 Å². The predicted octanol–water partition coefficient (Wildman–Crippen LogP) is 3.30. The molecule has 0 N–H and O–H groups in total. The van der Waals surface area contributed by atoms with Crippen LogP contribution >= 0.6 is 34.8 Å². The third kappa shape index (κ3) is 2.51. The summed E-state index contributed by atoms with van der Waals surface area (Å²) in [6.45, 7) is 2.67. The molecule has 0 bridgehead atoms. The van der Waals surface area contributed by atoms with E-state index in [0.29, 0.717) is 11.6 Å². The monoisotopic (exact) mass is 214 g/mol. The van der Waals surface area contributed by atoms with Crippen LogP contribution < -0.4 is 0 Å². The summed E-state index contributed by atoms with van der Waals surface area (Å²) >= 11 is 16.8. The zero-order chi connectivity index (χ0) is 8.43. The molecule has 0 radical (unpaired) electrons. The lowest BCUT2D eigenvalue weighted by Gasteiger charge is -1.98. The molecule has 1 fully saturated rings. The molecule has 0 unspecified atom stereocenters. The Balaban J connectivity index is 2.38. The van der Waals surface area contributed by atoms with Crippen LogP contribution in [-0.4, -0.2) is 12.7 Å². The summed E-state index contributed by atoms with van der Waals surface area (Å²) in [6.07, 6.45) is 1.18. The summed E-state index contributed by atoms with van der Waals surface area (Å²) in [5, 5.41) is 0.534. The van der Waals surface area contributed by atoms with Crippen LogP contribution in [0.25, 0.3) is 0 Å². The fraction of sp³-hybridized carbons (Fsp3) is 0.714. The smallest absolute Gasteiger partial charge is 0.121 e. The van der Waals surface area contributed by atoms with Gasteiger partial charge in [0.2, 0.25) is 0 Å². The molecule has 0 heterocycles. The first-order valence-corrected chi connectivity index (χ1v) is 4.62. The minimum absolute atomic E-state index is 0.166. The summed E-state index contributed by atoms with van der Waals surface area (Å²) in [5.41, 5.74) is 0. The minimum Gasteiger partial charge on any atom is -0.378 e. The van der Waals surface area contributed by atoms with Crippen LogP contribution in [0, 0.1) is 5.92 Å². The van der Waals surface area contributed by atoms with E-state index < -0.39 is 0 Å². The topological polar surface area (TPSA) is 9.23 Å². The molecule has 4 heteroatoms. The molecule has 1 rings (SSSR count). The second-order valence-corrected chi connectivity index (χ2v) is 3.80. The van der Waals surface area contributed by atoms with Crippen LogP contribution in [0.5, 0.6) is 0 Å². The number of hydrogen-bond acceptors (Lipinski definition) is 1. The van der Waals surface area contributed by atoms with Crippen molar-refractivity contribution >= 4 is 34.8 Å². The lowest BCUT2D eigenvalue weighted by molar-refractivity contribution is 0.125. The van der Waals surface area contributed by atoms with Crippen molar-refractivity contribution in [1.82, 2.24) is 0 Å². The van der Waals surface area contributed by atoms with Crippen LogP contribution in [0.15, 0.2) is 9.52 Å². The first-order chi connectivity index (χ1) is 5.16. The van der Waals surface area contributed by atoms with E-state index in [0.717, 1.165) is 6.42 Å². The van der Waals surface area contributed by atoms with Crippen LogP contribution in [0.4, 0.5) is 0 Å². The lowest BCUT2D eigenvalue weighted by Crippen LogP contribution is -1.95. The average molecular weight is 216 g/mol. The minimum atomic E-state index is 0.166. The Morgan fingerprint density at radius 2 is 2.09 bits per heavy atom. The van der Waals surface area contributed by atoms with Gasteiger partial charge in [0.25, 0.3) is 0 Å². The van der Waals surface area contributed by atoms with Crippen LogP contribution in [0.1, 0.15) is 13.3 Å². The largest absolute Gasteiger partial charge is 0.378 e. The molecule has 1 aliphatic carbocycles. The molecule has 0 amide bonds. The highest BCUT2D eigenvalue weighted by Crippen LogP contribution is 2.44. The second-order valence-electron chi connectivity index (χ2n) is 2.44. The van der Waals surface area contributed by atoms with E-state index in [2.05, 4.69) is 0 Å². The summed E-state index contributed by atoms with van der Waals surface area (Å²) in [7, 11) is 0. The predicted molar refractivity (Wildman–Crippen MR) is 48.1 cm³/mol. The van der Waals surface area contributed by atoms with Crippen molar-refractivity contribution in [2.75, 3.05) is 6.61 Å². The maximum absolute atomic E-state index is 5.78. The van der Waals surface area contributed by atoms with E-state index in [4.69, 9.17) is 39.5 Å².